The van der Waals surface area contributed by atoms with Crippen molar-refractivity contribution in [1.29, 1.82) is 0 Å². The molecule has 7 heteroatoms. The lowest BCUT2D eigenvalue weighted by atomic mass is 9.85. The molecule has 1 unspecified atom stereocenters. The number of rotatable bonds is 5. The molecule has 1 N–H and O–H groups in total. The van der Waals surface area contributed by atoms with Gasteiger partial charge in [-0.1, -0.05) is 20.8 Å². The predicted octanol–water partition coefficient (Wildman–Crippen LogP) is 3.51. The van der Waals surface area contributed by atoms with E-state index in [1.54, 1.807) is 0 Å². The number of carbonyl (C=O) groups is 1. The van der Waals surface area contributed by atoms with Crippen molar-refractivity contribution in [3.8, 4) is 0 Å². The zero-order valence-electron chi connectivity index (χ0n) is 12.2. The summed E-state index contributed by atoms with van der Waals surface area (Å²) in [4.78, 5) is 22.0. The van der Waals surface area contributed by atoms with E-state index in [4.69, 9.17) is 11.6 Å². The van der Waals surface area contributed by atoms with Crippen LogP contribution in [0.15, 0.2) is 18.2 Å². The quantitative estimate of drug-likeness (QED) is 0.513. The highest BCUT2D eigenvalue weighted by Gasteiger charge is 2.27. The second kappa shape index (κ2) is 6.85. The van der Waals surface area contributed by atoms with Crippen LogP contribution in [0, 0.1) is 21.3 Å². The van der Waals surface area contributed by atoms with Crippen LogP contribution in [0.4, 0.5) is 10.1 Å². The standard InChI is InChI=1S/C14H18ClFN2O3/c1-14(2,3)12(6-7-15)17-13(19)10-5-4-9(18(20)21)8-11(10)16/h4-5,8,12H,6-7H2,1-3H3,(H,17,19). The molecule has 116 valence electrons. The Morgan fingerprint density at radius 2 is 2.10 bits per heavy atom. The summed E-state index contributed by atoms with van der Waals surface area (Å²) in [7, 11) is 0. The Morgan fingerprint density at radius 3 is 2.52 bits per heavy atom. The minimum absolute atomic E-state index is 0.218. The predicted molar refractivity (Wildman–Crippen MR) is 79.1 cm³/mol. The van der Waals surface area contributed by atoms with E-state index in [0.29, 0.717) is 12.3 Å². The summed E-state index contributed by atoms with van der Waals surface area (Å²) in [5, 5.41) is 13.3. The van der Waals surface area contributed by atoms with Crippen molar-refractivity contribution in [1.82, 2.24) is 5.32 Å². The minimum atomic E-state index is -0.916. The average molecular weight is 317 g/mol. The van der Waals surface area contributed by atoms with Gasteiger partial charge >= 0.3 is 0 Å². The van der Waals surface area contributed by atoms with E-state index in [2.05, 4.69) is 5.32 Å². The third kappa shape index (κ3) is 4.67. The second-order valence-electron chi connectivity index (χ2n) is 5.79. The van der Waals surface area contributed by atoms with Crippen molar-refractivity contribution in [2.75, 3.05) is 5.88 Å². The summed E-state index contributed by atoms with van der Waals surface area (Å²) >= 11 is 5.72. The molecule has 1 amide bonds. The molecule has 1 rings (SSSR count). The van der Waals surface area contributed by atoms with Gasteiger partial charge in [0.2, 0.25) is 0 Å². The summed E-state index contributed by atoms with van der Waals surface area (Å²) in [5.41, 5.74) is -0.844. The number of nitrogens with zero attached hydrogens (tertiary/aromatic N) is 1. The molecule has 0 heterocycles. The summed E-state index contributed by atoms with van der Waals surface area (Å²) in [5.74, 6) is -1.15. The molecule has 1 aromatic carbocycles. The van der Waals surface area contributed by atoms with Crippen molar-refractivity contribution in [2.45, 2.75) is 33.2 Å². The molecule has 0 fully saturated rings. The second-order valence-corrected chi connectivity index (χ2v) is 6.17. The highest BCUT2D eigenvalue weighted by atomic mass is 35.5. The molecule has 21 heavy (non-hydrogen) atoms. The number of carbonyl (C=O) groups excluding carboxylic acids is 1. The van der Waals surface area contributed by atoms with Gasteiger partial charge in [-0.05, 0) is 17.9 Å². The summed E-state index contributed by atoms with van der Waals surface area (Å²) < 4.78 is 13.8. The van der Waals surface area contributed by atoms with E-state index in [-0.39, 0.29) is 17.0 Å². The largest absolute Gasteiger partial charge is 0.349 e. The van der Waals surface area contributed by atoms with Crippen molar-refractivity contribution < 1.29 is 14.1 Å². The maximum absolute atomic E-state index is 13.8. The van der Waals surface area contributed by atoms with Crippen LogP contribution in [0.2, 0.25) is 0 Å². The Morgan fingerprint density at radius 1 is 1.48 bits per heavy atom. The number of hydrogen-bond donors (Lipinski definition) is 1. The van der Waals surface area contributed by atoms with E-state index >= 15 is 0 Å². The molecule has 0 aliphatic rings. The van der Waals surface area contributed by atoms with E-state index in [9.17, 15) is 19.3 Å². The number of nitro benzene ring substituents is 1. The highest BCUT2D eigenvalue weighted by molar-refractivity contribution is 6.17. The molecular weight excluding hydrogens is 299 g/mol. The normalized spacial score (nSPS) is 12.8. The Balaban J connectivity index is 2.95. The van der Waals surface area contributed by atoms with Gasteiger partial charge in [-0.2, -0.15) is 0 Å². The highest BCUT2D eigenvalue weighted by Crippen LogP contribution is 2.23. The molecule has 1 atom stereocenters. The van der Waals surface area contributed by atoms with Gasteiger partial charge in [-0.25, -0.2) is 4.39 Å². The number of hydrogen-bond acceptors (Lipinski definition) is 3. The van der Waals surface area contributed by atoms with Crippen LogP contribution >= 0.6 is 11.6 Å². The number of non-ortho nitro benzene ring substituents is 1. The Bertz CT molecular complexity index is 544. The van der Waals surface area contributed by atoms with Gasteiger partial charge < -0.3 is 5.32 Å². The molecule has 0 spiro atoms. The topological polar surface area (TPSA) is 72.2 Å². The van der Waals surface area contributed by atoms with Crippen molar-refractivity contribution in [3.05, 3.63) is 39.7 Å². The zero-order valence-corrected chi connectivity index (χ0v) is 12.9. The van der Waals surface area contributed by atoms with Crippen LogP contribution in [-0.4, -0.2) is 22.8 Å². The Kier molecular flexibility index (Phi) is 5.66. The lowest BCUT2D eigenvalue weighted by Gasteiger charge is -2.31. The first-order valence-electron chi connectivity index (χ1n) is 6.47. The van der Waals surface area contributed by atoms with Crippen LogP contribution < -0.4 is 5.32 Å². The van der Waals surface area contributed by atoms with Crippen molar-refractivity contribution in [2.24, 2.45) is 5.41 Å². The van der Waals surface area contributed by atoms with E-state index in [1.807, 2.05) is 20.8 Å². The first-order valence-corrected chi connectivity index (χ1v) is 7.01. The van der Waals surface area contributed by atoms with Gasteiger partial charge in [0.05, 0.1) is 16.6 Å². The summed E-state index contributed by atoms with van der Waals surface area (Å²) in [6.45, 7) is 5.82. The molecular formula is C14H18ClFN2O3. The number of benzene rings is 1. The molecule has 0 aromatic heterocycles. The number of halogens is 2. The first-order chi connectivity index (χ1) is 9.66. The summed E-state index contributed by atoms with van der Waals surface area (Å²) in [6, 6.07) is 2.73. The van der Waals surface area contributed by atoms with Crippen LogP contribution in [0.25, 0.3) is 0 Å². The van der Waals surface area contributed by atoms with Gasteiger partial charge in [0, 0.05) is 18.0 Å². The maximum atomic E-state index is 13.8. The van der Waals surface area contributed by atoms with Crippen LogP contribution in [0.1, 0.15) is 37.6 Å². The molecule has 0 saturated carbocycles. The smallest absolute Gasteiger partial charge is 0.272 e. The Labute approximate surface area is 127 Å². The van der Waals surface area contributed by atoms with Gasteiger partial charge in [0.25, 0.3) is 11.6 Å². The van der Waals surface area contributed by atoms with Gasteiger partial charge in [0.1, 0.15) is 5.82 Å². The van der Waals surface area contributed by atoms with Gasteiger partial charge in [0.15, 0.2) is 0 Å². The lowest BCUT2D eigenvalue weighted by molar-refractivity contribution is -0.385. The minimum Gasteiger partial charge on any atom is -0.349 e. The molecule has 5 nitrogen and oxygen atoms in total. The van der Waals surface area contributed by atoms with Crippen LogP contribution in [0.3, 0.4) is 0 Å². The molecule has 0 radical (unpaired) electrons. The third-order valence-corrected chi connectivity index (χ3v) is 3.37. The number of amides is 1. The summed E-state index contributed by atoms with van der Waals surface area (Å²) in [6.07, 6.45) is 0.547. The third-order valence-electron chi connectivity index (χ3n) is 3.16. The average Bonchev–Trinajstić information content (AvgIpc) is 2.36. The Hall–Kier alpha value is -1.69. The van der Waals surface area contributed by atoms with E-state index in [1.165, 1.54) is 0 Å². The lowest BCUT2D eigenvalue weighted by Crippen LogP contribution is -2.44. The van der Waals surface area contributed by atoms with Crippen LogP contribution in [-0.2, 0) is 0 Å². The van der Waals surface area contributed by atoms with Gasteiger partial charge in [-0.15, -0.1) is 11.6 Å². The number of alkyl halides is 1. The zero-order chi connectivity index (χ0) is 16.2. The van der Waals surface area contributed by atoms with Crippen molar-refractivity contribution >= 4 is 23.2 Å². The number of nitrogens with one attached hydrogen (secondary N) is 1. The SMILES string of the molecule is CC(C)(C)C(CCCl)NC(=O)c1ccc([N+](=O)[O-])cc1F. The monoisotopic (exact) mass is 316 g/mol. The van der Waals surface area contributed by atoms with Crippen LogP contribution in [0.5, 0.6) is 0 Å². The fourth-order valence-corrected chi connectivity index (χ4v) is 2.09. The fraction of sp³-hybridized carbons (Fsp3) is 0.500. The fourth-order valence-electron chi connectivity index (χ4n) is 1.87. The molecule has 0 bridgehead atoms. The van der Waals surface area contributed by atoms with E-state index in [0.717, 1.165) is 18.2 Å². The maximum Gasteiger partial charge on any atom is 0.272 e. The van der Waals surface area contributed by atoms with E-state index < -0.39 is 22.3 Å². The number of nitro groups is 1. The van der Waals surface area contributed by atoms with Crippen molar-refractivity contribution in [3.63, 3.8) is 0 Å². The molecule has 1 aromatic rings. The molecule has 0 aliphatic heterocycles. The molecule has 0 aliphatic carbocycles. The first kappa shape index (κ1) is 17.4. The molecule has 0 saturated heterocycles. The van der Waals surface area contributed by atoms with Gasteiger partial charge in [-0.3, -0.25) is 14.9 Å².